The van der Waals surface area contributed by atoms with Crippen molar-refractivity contribution < 1.29 is 9.59 Å². The van der Waals surface area contributed by atoms with Gasteiger partial charge in [-0.2, -0.15) is 0 Å². The molecule has 3 aliphatic rings. The second-order valence-electron chi connectivity index (χ2n) is 8.51. The average molecular weight is 391 g/mol. The number of aryl methyl sites for hydroxylation is 1. The molecule has 3 atom stereocenters. The van der Waals surface area contributed by atoms with E-state index in [0.29, 0.717) is 25.0 Å². The molecule has 7 heteroatoms. The van der Waals surface area contributed by atoms with E-state index in [0.717, 1.165) is 36.5 Å². The SMILES string of the molecule is CCC[C@@H](C)N1C[C@H]2C(=O)NC3(CCN(C(=O)c4scnc4C)CC3)[C@H]2C1. The van der Waals surface area contributed by atoms with Crippen LogP contribution < -0.4 is 5.32 Å². The number of likely N-dealkylation sites (tertiary alicyclic amines) is 2. The Morgan fingerprint density at radius 3 is 2.78 bits per heavy atom. The van der Waals surface area contributed by atoms with Crippen LogP contribution in [0, 0.1) is 18.8 Å². The van der Waals surface area contributed by atoms with Crippen LogP contribution in [-0.4, -0.2) is 64.4 Å². The molecular formula is C20H30N4O2S. The van der Waals surface area contributed by atoms with Crippen LogP contribution in [0.2, 0.25) is 0 Å². The van der Waals surface area contributed by atoms with E-state index in [1.54, 1.807) is 5.51 Å². The van der Waals surface area contributed by atoms with E-state index in [1.165, 1.54) is 24.2 Å². The van der Waals surface area contributed by atoms with Crippen molar-refractivity contribution in [2.75, 3.05) is 26.2 Å². The Balaban J connectivity index is 1.44. The van der Waals surface area contributed by atoms with Gasteiger partial charge in [-0.15, -0.1) is 11.3 Å². The molecule has 6 nitrogen and oxygen atoms in total. The zero-order valence-electron chi connectivity index (χ0n) is 16.5. The first kappa shape index (κ1) is 18.9. The standard InChI is InChI=1S/C20H30N4O2S/c1-4-5-13(2)24-10-15-16(11-24)20(22-18(15)25)6-8-23(9-7-20)19(26)17-14(3)21-12-27-17/h12-13,15-16H,4-11H2,1-3H3,(H,22,25)/t13-,15-,16+/m1/s1. The molecule has 3 fully saturated rings. The summed E-state index contributed by atoms with van der Waals surface area (Å²) in [5, 5.41) is 3.36. The number of rotatable bonds is 4. The molecule has 4 heterocycles. The first-order valence-electron chi connectivity index (χ1n) is 10.2. The minimum Gasteiger partial charge on any atom is -0.350 e. The summed E-state index contributed by atoms with van der Waals surface area (Å²) in [6.45, 7) is 9.72. The molecule has 3 saturated heterocycles. The number of hydrogen-bond donors (Lipinski definition) is 1. The molecule has 1 aromatic heterocycles. The highest BCUT2D eigenvalue weighted by Gasteiger charge is 2.57. The topological polar surface area (TPSA) is 65.5 Å². The van der Waals surface area contributed by atoms with E-state index >= 15 is 0 Å². The molecule has 0 radical (unpaired) electrons. The van der Waals surface area contributed by atoms with Gasteiger partial charge >= 0.3 is 0 Å². The molecule has 1 aromatic rings. The lowest BCUT2D eigenvalue weighted by Crippen LogP contribution is -2.56. The lowest BCUT2D eigenvalue weighted by Gasteiger charge is -2.43. The molecule has 0 aliphatic carbocycles. The normalized spacial score (nSPS) is 28.4. The summed E-state index contributed by atoms with van der Waals surface area (Å²) in [6, 6.07) is 0.543. The average Bonchev–Trinajstić information content (AvgIpc) is 3.33. The Morgan fingerprint density at radius 2 is 2.15 bits per heavy atom. The fourth-order valence-corrected chi connectivity index (χ4v) is 6.08. The Labute approximate surface area is 165 Å². The minimum absolute atomic E-state index is 0.0929. The van der Waals surface area contributed by atoms with Crippen molar-refractivity contribution in [1.29, 1.82) is 0 Å². The predicted octanol–water partition coefficient (Wildman–Crippen LogP) is 2.29. The summed E-state index contributed by atoms with van der Waals surface area (Å²) in [4.78, 5) is 34.9. The van der Waals surface area contributed by atoms with E-state index < -0.39 is 0 Å². The summed E-state index contributed by atoms with van der Waals surface area (Å²) in [5.74, 6) is 0.821. The third-order valence-corrected chi connectivity index (χ3v) is 7.90. The molecule has 2 amide bonds. The minimum atomic E-state index is -0.123. The van der Waals surface area contributed by atoms with Crippen LogP contribution in [0.15, 0.2) is 5.51 Å². The second-order valence-corrected chi connectivity index (χ2v) is 9.36. The molecule has 0 saturated carbocycles. The number of thiazole rings is 1. The molecular weight excluding hydrogens is 360 g/mol. The second kappa shape index (κ2) is 7.17. The number of fused-ring (bicyclic) bond motifs is 2. The van der Waals surface area contributed by atoms with Crippen LogP contribution in [0.25, 0.3) is 0 Å². The van der Waals surface area contributed by atoms with Crippen LogP contribution in [-0.2, 0) is 4.79 Å². The van der Waals surface area contributed by atoms with E-state index in [4.69, 9.17) is 0 Å². The lowest BCUT2D eigenvalue weighted by molar-refractivity contribution is -0.123. The summed E-state index contributed by atoms with van der Waals surface area (Å²) in [6.07, 6.45) is 4.09. The third kappa shape index (κ3) is 3.18. The van der Waals surface area contributed by atoms with Crippen LogP contribution >= 0.6 is 11.3 Å². The molecule has 0 unspecified atom stereocenters. The Bertz CT molecular complexity index is 725. The van der Waals surface area contributed by atoms with E-state index in [9.17, 15) is 9.59 Å². The Hall–Kier alpha value is -1.47. The maximum Gasteiger partial charge on any atom is 0.265 e. The fraction of sp³-hybridized carbons (Fsp3) is 0.750. The van der Waals surface area contributed by atoms with E-state index in [2.05, 4.69) is 29.0 Å². The molecule has 0 aromatic carbocycles. The number of aromatic nitrogens is 1. The van der Waals surface area contributed by atoms with Crippen molar-refractivity contribution in [3.63, 3.8) is 0 Å². The number of hydrogen-bond acceptors (Lipinski definition) is 5. The number of carbonyl (C=O) groups is 2. The van der Waals surface area contributed by atoms with Crippen LogP contribution in [0.4, 0.5) is 0 Å². The van der Waals surface area contributed by atoms with Gasteiger partial charge in [-0.25, -0.2) is 4.98 Å². The summed E-state index contributed by atoms with van der Waals surface area (Å²) < 4.78 is 0. The maximum absolute atomic E-state index is 12.8. The fourth-order valence-electron chi connectivity index (χ4n) is 5.31. The van der Waals surface area contributed by atoms with Crippen LogP contribution in [0.1, 0.15) is 54.9 Å². The number of amides is 2. The molecule has 1 N–H and O–H groups in total. The third-order valence-electron chi connectivity index (χ3n) is 6.98. The Kier molecular flexibility index (Phi) is 5.01. The molecule has 1 spiro atoms. The molecule has 0 bridgehead atoms. The summed E-state index contributed by atoms with van der Waals surface area (Å²) in [7, 11) is 0. The van der Waals surface area contributed by atoms with Gasteiger partial charge in [0.2, 0.25) is 5.91 Å². The first-order chi connectivity index (χ1) is 12.9. The monoisotopic (exact) mass is 390 g/mol. The largest absolute Gasteiger partial charge is 0.350 e. The van der Waals surface area contributed by atoms with Gasteiger partial charge in [0.15, 0.2) is 0 Å². The highest BCUT2D eigenvalue weighted by atomic mass is 32.1. The number of nitrogens with zero attached hydrogens (tertiary/aromatic N) is 3. The Morgan fingerprint density at radius 1 is 1.41 bits per heavy atom. The van der Waals surface area contributed by atoms with Gasteiger partial charge in [0.1, 0.15) is 4.88 Å². The lowest BCUT2D eigenvalue weighted by atomic mass is 9.75. The quantitative estimate of drug-likeness (QED) is 0.857. The van der Waals surface area contributed by atoms with E-state index in [1.807, 2.05) is 11.8 Å². The van der Waals surface area contributed by atoms with Gasteiger partial charge in [-0.3, -0.25) is 14.5 Å². The van der Waals surface area contributed by atoms with Crippen LogP contribution in [0.5, 0.6) is 0 Å². The van der Waals surface area contributed by atoms with Crippen molar-refractivity contribution in [2.45, 2.75) is 58.0 Å². The van der Waals surface area contributed by atoms with Crippen molar-refractivity contribution >= 4 is 23.2 Å². The number of nitrogens with one attached hydrogen (secondary N) is 1. The van der Waals surface area contributed by atoms with Gasteiger partial charge < -0.3 is 10.2 Å². The molecule has 148 valence electrons. The maximum atomic E-state index is 12.8. The summed E-state index contributed by atoms with van der Waals surface area (Å²) in [5.41, 5.74) is 2.43. The predicted molar refractivity (Wildman–Crippen MR) is 106 cm³/mol. The summed E-state index contributed by atoms with van der Waals surface area (Å²) >= 11 is 1.42. The first-order valence-corrected chi connectivity index (χ1v) is 11.1. The zero-order chi connectivity index (χ0) is 19.2. The highest BCUT2D eigenvalue weighted by molar-refractivity contribution is 7.11. The van der Waals surface area contributed by atoms with Gasteiger partial charge in [0, 0.05) is 43.7 Å². The highest BCUT2D eigenvalue weighted by Crippen LogP contribution is 2.44. The van der Waals surface area contributed by atoms with E-state index in [-0.39, 0.29) is 23.3 Å². The van der Waals surface area contributed by atoms with Crippen molar-refractivity contribution in [3.05, 3.63) is 16.1 Å². The smallest absolute Gasteiger partial charge is 0.265 e. The van der Waals surface area contributed by atoms with Crippen molar-refractivity contribution in [2.24, 2.45) is 11.8 Å². The molecule has 4 rings (SSSR count). The van der Waals surface area contributed by atoms with Gasteiger partial charge in [-0.1, -0.05) is 13.3 Å². The van der Waals surface area contributed by atoms with Crippen molar-refractivity contribution in [1.82, 2.24) is 20.1 Å². The van der Waals surface area contributed by atoms with Gasteiger partial charge in [0.05, 0.1) is 17.1 Å². The molecule has 27 heavy (non-hydrogen) atoms. The molecule has 3 aliphatic heterocycles. The zero-order valence-corrected chi connectivity index (χ0v) is 17.3. The van der Waals surface area contributed by atoms with Crippen LogP contribution in [0.3, 0.4) is 0 Å². The number of piperidine rings is 1. The number of carbonyl (C=O) groups excluding carboxylic acids is 2. The van der Waals surface area contributed by atoms with Crippen molar-refractivity contribution in [3.8, 4) is 0 Å². The van der Waals surface area contributed by atoms with Gasteiger partial charge in [0.25, 0.3) is 5.91 Å². The van der Waals surface area contributed by atoms with Gasteiger partial charge in [-0.05, 0) is 33.1 Å².